The fraction of sp³-hybridized carbons (Fsp3) is 0.467. The van der Waals surface area contributed by atoms with Gasteiger partial charge in [-0.15, -0.1) is 10.2 Å². The molecule has 0 aliphatic carbocycles. The van der Waals surface area contributed by atoms with Crippen molar-refractivity contribution in [1.29, 1.82) is 0 Å². The third kappa shape index (κ3) is 3.05. The first-order chi connectivity index (χ1) is 9.75. The summed E-state index contributed by atoms with van der Waals surface area (Å²) in [4.78, 5) is 0. The van der Waals surface area contributed by atoms with Gasteiger partial charge in [0.2, 0.25) is 11.8 Å². The van der Waals surface area contributed by atoms with Crippen molar-refractivity contribution in [2.75, 3.05) is 13.2 Å². The van der Waals surface area contributed by atoms with Crippen molar-refractivity contribution < 1.29 is 9.15 Å². The normalized spacial score (nSPS) is 22.9. The van der Waals surface area contributed by atoms with Crippen LogP contribution in [-0.4, -0.2) is 29.0 Å². The van der Waals surface area contributed by atoms with Gasteiger partial charge in [0.1, 0.15) is 0 Å². The fourth-order valence-electron chi connectivity index (χ4n) is 2.38. The van der Waals surface area contributed by atoms with E-state index in [0.717, 1.165) is 31.6 Å². The molecule has 2 aromatic rings. The van der Waals surface area contributed by atoms with Crippen LogP contribution in [0, 0.1) is 0 Å². The van der Waals surface area contributed by atoms with Crippen LogP contribution >= 0.6 is 0 Å². The Bertz CT molecular complexity index is 547. The van der Waals surface area contributed by atoms with E-state index in [2.05, 4.69) is 22.4 Å². The Morgan fingerprint density at radius 3 is 2.85 bits per heavy atom. The maximum atomic E-state index is 5.68. The molecule has 1 atom stereocenters. The molecule has 1 aromatic carbocycles. The highest BCUT2D eigenvalue weighted by Crippen LogP contribution is 2.20. The first-order valence-electron chi connectivity index (χ1n) is 6.96. The predicted molar refractivity (Wildman–Crippen MR) is 75.0 cm³/mol. The summed E-state index contributed by atoms with van der Waals surface area (Å²) < 4.78 is 11.2. The molecule has 5 heteroatoms. The molecule has 20 heavy (non-hydrogen) atoms. The molecular formula is C15H19N3O2. The number of nitrogens with one attached hydrogen (secondary N) is 1. The van der Waals surface area contributed by atoms with Crippen molar-refractivity contribution in [3.8, 4) is 11.5 Å². The smallest absolute Gasteiger partial charge is 0.247 e. The van der Waals surface area contributed by atoms with Crippen LogP contribution in [0.5, 0.6) is 0 Å². The summed E-state index contributed by atoms with van der Waals surface area (Å²) >= 11 is 0. The lowest BCUT2D eigenvalue weighted by Gasteiger charge is -2.34. The Morgan fingerprint density at radius 2 is 2.10 bits per heavy atom. The molecule has 2 heterocycles. The average Bonchev–Trinajstić information content (AvgIpc) is 2.96. The number of benzene rings is 1. The Kier molecular flexibility index (Phi) is 3.80. The van der Waals surface area contributed by atoms with Crippen LogP contribution in [0.4, 0.5) is 0 Å². The fourth-order valence-corrected chi connectivity index (χ4v) is 2.38. The van der Waals surface area contributed by atoms with Gasteiger partial charge in [0.15, 0.2) is 0 Å². The van der Waals surface area contributed by atoms with E-state index in [4.69, 9.17) is 9.15 Å². The van der Waals surface area contributed by atoms with Gasteiger partial charge in [-0.2, -0.15) is 0 Å². The van der Waals surface area contributed by atoms with E-state index in [1.807, 2.05) is 30.3 Å². The minimum atomic E-state index is -0.000367. The van der Waals surface area contributed by atoms with Crippen LogP contribution in [0.15, 0.2) is 34.7 Å². The summed E-state index contributed by atoms with van der Waals surface area (Å²) in [6.07, 6.45) is 2.19. The van der Waals surface area contributed by atoms with Crippen LogP contribution < -0.4 is 5.32 Å². The SMILES string of the molecule is CC1(NCc2nnc(-c3ccccc3)o2)CCCOC1. The minimum Gasteiger partial charge on any atom is -0.419 e. The minimum absolute atomic E-state index is 0.000367. The lowest BCUT2D eigenvalue weighted by atomic mass is 9.95. The summed E-state index contributed by atoms with van der Waals surface area (Å²) in [7, 11) is 0. The van der Waals surface area contributed by atoms with Gasteiger partial charge in [-0.05, 0) is 31.9 Å². The van der Waals surface area contributed by atoms with Gasteiger partial charge >= 0.3 is 0 Å². The molecule has 5 nitrogen and oxygen atoms in total. The molecule has 0 radical (unpaired) electrons. The van der Waals surface area contributed by atoms with Crippen LogP contribution in [0.1, 0.15) is 25.7 Å². The van der Waals surface area contributed by atoms with Crippen LogP contribution in [0.3, 0.4) is 0 Å². The zero-order chi connectivity index (χ0) is 13.8. The number of aromatic nitrogens is 2. The number of hydrogen-bond donors (Lipinski definition) is 1. The van der Waals surface area contributed by atoms with Crippen LogP contribution in [-0.2, 0) is 11.3 Å². The summed E-state index contributed by atoms with van der Waals surface area (Å²) in [5.41, 5.74) is 0.943. The number of rotatable bonds is 4. The summed E-state index contributed by atoms with van der Waals surface area (Å²) in [5, 5.41) is 11.6. The third-order valence-electron chi connectivity index (χ3n) is 3.59. The molecule has 106 valence electrons. The van der Waals surface area contributed by atoms with Crippen molar-refractivity contribution in [2.24, 2.45) is 0 Å². The van der Waals surface area contributed by atoms with E-state index in [1.54, 1.807) is 0 Å². The van der Waals surface area contributed by atoms with Gasteiger partial charge in [0.05, 0.1) is 13.2 Å². The van der Waals surface area contributed by atoms with E-state index in [1.165, 1.54) is 0 Å². The first kappa shape index (κ1) is 13.3. The molecule has 0 spiro atoms. The molecule has 0 amide bonds. The highest BCUT2D eigenvalue weighted by Gasteiger charge is 2.27. The molecule has 3 rings (SSSR count). The lowest BCUT2D eigenvalue weighted by Crippen LogP contribution is -2.48. The van der Waals surface area contributed by atoms with Gasteiger partial charge in [0.25, 0.3) is 0 Å². The number of hydrogen-bond acceptors (Lipinski definition) is 5. The van der Waals surface area contributed by atoms with Crippen molar-refractivity contribution in [1.82, 2.24) is 15.5 Å². The molecule has 1 unspecified atom stereocenters. The second kappa shape index (κ2) is 5.73. The van der Waals surface area contributed by atoms with Gasteiger partial charge in [-0.1, -0.05) is 18.2 Å². The molecule has 0 saturated carbocycles. The maximum absolute atomic E-state index is 5.68. The van der Waals surface area contributed by atoms with Gasteiger partial charge < -0.3 is 14.5 Å². The second-order valence-electron chi connectivity index (χ2n) is 5.44. The van der Waals surface area contributed by atoms with Crippen LogP contribution in [0.25, 0.3) is 11.5 Å². The van der Waals surface area contributed by atoms with Crippen molar-refractivity contribution >= 4 is 0 Å². The lowest BCUT2D eigenvalue weighted by molar-refractivity contribution is 0.0268. The molecular weight excluding hydrogens is 254 g/mol. The Hall–Kier alpha value is -1.72. The van der Waals surface area contributed by atoms with E-state index in [9.17, 15) is 0 Å². The molecule has 0 bridgehead atoms. The van der Waals surface area contributed by atoms with E-state index in [-0.39, 0.29) is 5.54 Å². The summed E-state index contributed by atoms with van der Waals surface area (Å²) in [6.45, 7) is 4.32. The van der Waals surface area contributed by atoms with E-state index < -0.39 is 0 Å². The maximum Gasteiger partial charge on any atom is 0.247 e. The highest BCUT2D eigenvalue weighted by atomic mass is 16.5. The summed E-state index contributed by atoms with van der Waals surface area (Å²) in [6, 6.07) is 9.80. The largest absolute Gasteiger partial charge is 0.419 e. The predicted octanol–water partition coefficient (Wildman–Crippen LogP) is 2.40. The Labute approximate surface area is 118 Å². The molecule has 1 aromatic heterocycles. The topological polar surface area (TPSA) is 60.2 Å². The second-order valence-corrected chi connectivity index (χ2v) is 5.44. The zero-order valence-corrected chi connectivity index (χ0v) is 11.6. The number of ether oxygens (including phenoxy) is 1. The highest BCUT2D eigenvalue weighted by molar-refractivity contribution is 5.51. The van der Waals surface area contributed by atoms with E-state index >= 15 is 0 Å². The average molecular weight is 273 g/mol. The third-order valence-corrected chi connectivity index (χ3v) is 3.59. The first-order valence-corrected chi connectivity index (χ1v) is 6.96. The Balaban J connectivity index is 1.63. The standard InChI is InChI=1S/C15H19N3O2/c1-15(8-5-9-19-11-15)16-10-13-17-18-14(20-13)12-6-3-2-4-7-12/h2-4,6-7,16H,5,8-11H2,1H3. The summed E-state index contributed by atoms with van der Waals surface area (Å²) in [5.74, 6) is 1.17. The quantitative estimate of drug-likeness (QED) is 0.927. The van der Waals surface area contributed by atoms with Crippen molar-refractivity contribution in [3.63, 3.8) is 0 Å². The molecule has 1 saturated heterocycles. The van der Waals surface area contributed by atoms with Gasteiger partial charge in [-0.25, -0.2) is 0 Å². The van der Waals surface area contributed by atoms with E-state index in [0.29, 0.717) is 18.3 Å². The molecule has 1 aliphatic rings. The molecule has 1 aliphatic heterocycles. The van der Waals surface area contributed by atoms with Gasteiger partial charge in [0, 0.05) is 17.7 Å². The van der Waals surface area contributed by atoms with Gasteiger partial charge in [-0.3, -0.25) is 0 Å². The monoisotopic (exact) mass is 273 g/mol. The Morgan fingerprint density at radius 1 is 1.25 bits per heavy atom. The van der Waals surface area contributed by atoms with Crippen molar-refractivity contribution in [3.05, 3.63) is 36.2 Å². The van der Waals surface area contributed by atoms with Crippen molar-refractivity contribution in [2.45, 2.75) is 31.8 Å². The zero-order valence-electron chi connectivity index (χ0n) is 11.6. The molecule has 1 N–H and O–H groups in total. The number of nitrogens with zero attached hydrogens (tertiary/aromatic N) is 2. The molecule has 1 fully saturated rings. The van der Waals surface area contributed by atoms with Crippen LogP contribution in [0.2, 0.25) is 0 Å².